The van der Waals surface area contributed by atoms with E-state index in [0.29, 0.717) is 13.1 Å². The van der Waals surface area contributed by atoms with Crippen molar-refractivity contribution in [1.82, 2.24) is 14.9 Å². The Kier molecular flexibility index (Phi) is 5.69. The minimum Gasteiger partial charge on any atom is -0.465 e. The molecule has 2 N–H and O–H groups in total. The van der Waals surface area contributed by atoms with Crippen molar-refractivity contribution in [2.75, 3.05) is 13.1 Å². The van der Waals surface area contributed by atoms with Gasteiger partial charge in [-0.1, -0.05) is 55.5 Å². The fraction of sp³-hybridized carbons (Fsp3) is 0.238. The van der Waals surface area contributed by atoms with Gasteiger partial charge in [0.25, 0.3) is 0 Å². The lowest BCUT2D eigenvalue weighted by molar-refractivity contribution is 0.143. The van der Waals surface area contributed by atoms with E-state index in [-0.39, 0.29) is 5.92 Å². The fourth-order valence-corrected chi connectivity index (χ4v) is 3.18. The number of carbonyl (C=O) groups is 1. The summed E-state index contributed by atoms with van der Waals surface area (Å²) in [5, 5.41) is 9.56. The lowest BCUT2D eigenvalue weighted by Crippen LogP contribution is -2.34. The second-order valence-corrected chi connectivity index (χ2v) is 6.27. The van der Waals surface area contributed by atoms with Gasteiger partial charge in [0.05, 0.1) is 12.0 Å². The quantitative estimate of drug-likeness (QED) is 0.655. The number of aromatic nitrogens is 2. The Hall–Kier alpha value is -3.08. The lowest BCUT2D eigenvalue weighted by atomic mass is 9.89. The number of aromatic amines is 1. The van der Waals surface area contributed by atoms with Crippen LogP contribution in [-0.2, 0) is 0 Å². The van der Waals surface area contributed by atoms with Gasteiger partial charge >= 0.3 is 6.09 Å². The number of nitrogens with zero attached hydrogens (tertiary/aromatic N) is 2. The number of hydrogen-bond acceptors (Lipinski definition) is 2. The Balaban J connectivity index is 1.98. The monoisotopic (exact) mass is 349 g/mol. The van der Waals surface area contributed by atoms with E-state index in [2.05, 4.69) is 34.2 Å². The van der Waals surface area contributed by atoms with Gasteiger partial charge in [0, 0.05) is 30.8 Å². The molecule has 0 bridgehead atoms. The summed E-state index contributed by atoms with van der Waals surface area (Å²) in [6.07, 6.45) is 3.43. The van der Waals surface area contributed by atoms with Gasteiger partial charge in [-0.3, -0.25) is 0 Å². The molecular formula is C21H23N3O2. The van der Waals surface area contributed by atoms with Crippen LogP contribution in [0.25, 0.3) is 11.3 Å². The molecule has 3 aromatic rings. The average Bonchev–Trinajstić information content (AvgIpc) is 3.20. The summed E-state index contributed by atoms with van der Waals surface area (Å²) in [5.74, 6) is -0.0299. The van der Waals surface area contributed by atoms with Gasteiger partial charge in [0.15, 0.2) is 0 Å². The first-order chi connectivity index (χ1) is 12.7. The van der Waals surface area contributed by atoms with E-state index in [1.807, 2.05) is 43.5 Å². The molecule has 0 spiro atoms. The Morgan fingerprint density at radius 1 is 1.15 bits per heavy atom. The Bertz CT molecular complexity index is 831. The van der Waals surface area contributed by atoms with E-state index in [9.17, 15) is 9.90 Å². The van der Waals surface area contributed by atoms with Gasteiger partial charge in [0.1, 0.15) is 0 Å². The molecule has 1 heterocycles. The number of benzene rings is 2. The Morgan fingerprint density at radius 3 is 2.58 bits per heavy atom. The predicted molar refractivity (Wildman–Crippen MR) is 102 cm³/mol. The number of H-pyrrole nitrogens is 1. The van der Waals surface area contributed by atoms with Crippen LogP contribution < -0.4 is 0 Å². The standard InChI is InChI=1S/C21H23N3O2/c1-2-11-24(21(25)26)14-19(16-7-4-3-5-8-16)17-9-6-10-18(12-17)20-13-22-15-23-20/h3-10,12-13,15,19H,2,11,14H2,1H3,(H,22,23)(H,25,26). The van der Waals surface area contributed by atoms with E-state index in [4.69, 9.17) is 0 Å². The largest absolute Gasteiger partial charge is 0.465 e. The van der Waals surface area contributed by atoms with Gasteiger partial charge in [0.2, 0.25) is 0 Å². The molecule has 0 aliphatic heterocycles. The molecule has 5 heteroatoms. The van der Waals surface area contributed by atoms with E-state index < -0.39 is 6.09 Å². The first kappa shape index (κ1) is 17.7. The molecule has 2 aromatic carbocycles. The second-order valence-electron chi connectivity index (χ2n) is 6.27. The Labute approximate surface area is 153 Å². The maximum atomic E-state index is 11.7. The molecular weight excluding hydrogens is 326 g/mol. The smallest absolute Gasteiger partial charge is 0.407 e. The zero-order valence-electron chi connectivity index (χ0n) is 14.8. The molecule has 0 aliphatic rings. The van der Waals surface area contributed by atoms with Gasteiger partial charge < -0.3 is 15.0 Å². The summed E-state index contributed by atoms with van der Waals surface area (Å²) >= 11 is 0. The molecule has 5 nitrogen and oxygen atoms in total. The van der Waals surface area contributed by atoms with Crippen LogP contribution >= 0.6 is 0 Å². The number of nitrogens with one attached hydrogen (secondary N) is 1. The summed E-state index contributed by atoms with van der Waals surface area (Å²) in [5.41, 5.74) is 4.08. The van der Waals surface area contributed by atoms with Crippen LogP contribution in [0.3, 0.4) is 0 Å². The van der Waals surface area contributed by atoms with Gasteiger partial charge in [-0.15, -0.1) is 0 Å². The summed E-state index contributed by atoms with van der Waals surface area (Å²) in [6, 6.07) is 18.2. The highest BCUT2D eigenvalue weighted by molar-refractivity contribution is 5.65. The zero-order valence-corrected chi connectivity index (χ0v) is 14.8. The maximum Gasteiger partial charge on any atom is 0.407 e. The highest BCUT2D eigenvalue weighted by atomic mass is 16.4. The highest BCUT2D eigenvalue weighted by Crippen LogP contribution is 2.29. The van der Waals surface area contributed by atoms with Crippen LogP contribution in [-0.4, -0.2) is 39.2 Å². The van der Waals surface area contributed by atoms with Crippen LogP contribution in [0.2, 0.25) is 0 Å². The third kappa shape index (κ3) is 4.11. The van der Waals surface area contributed by atoms with E-state index in [1.54, 1.807) is 6.33 Å². The molecule has 134 valence electrons. The fourth-order valence-electron chi connectivity index (χ4n) is 3.18. The topological polar surface area (TPSA) is 69.2 Å². The third-order valence-corrected chi connectivity index (χ3v) is 4.45. The van der Waals surface area contributed by atoms with Crippen LogP contribution in [0.5, 0.6) is 0 Å². The molecule has 0 saturated carbocycles. The van der Waals surface area contributed by atoms with Crippen molar-refractivity contribution in [3.8, 4) is 11.3 Å². The minimum atomic E-state index is -0.878. The molecule has 26 heavy (non-hydrogen) atoms. The van der Waals surface area contributed by atoms with Crippen LogP contribution in [0.1, 0.15) is 30.4 Å². The van der Waals surface area contributed by atoms with Crippen molar-refractivity contribution in [2.45, 2.75) is 19.3 Å². The van der Waals surface area contributed by atoms with Crippen molar-refractivity contribution >= 4 is 6.09 Å². The Morgan fingerprint density at radius 2 is 1.92 bits per heavy atom. The normalized spacial score (nSPS) is 11.9. The molecule has 0 fully saturated rings. The molecule has 1 atom stereocenters. The number of imidazole rings is 1. The van der Waals surface area contributed by atoms with Crippen molar-refractivity contribution in [1.29, 1.82) is 0 Å². The van der Waals surface area contributed by atoms with Gasteiger partial charge in [-0.25, -0.2) is 9.78 Å². The summed E-state index contributed by atoms with van der Waals surface area (Å²) in [7, 11) is 0. The van der Waals surface area contributed by atoms with Gasteiger partial charge in [-0.05, 0) is 23.6 Å². The first-order valence-electron chi connectivity index (χ1n) is 8.81. The molecule has 1 amide bonds. The molecule has 0 aliphatic carbocycles. The molecule has 1 unspecified atom stereocenters. The average molecular weight is 349 g/mol. The van der Waals surface area contributed by atoms with Gasteiger partial charge in [-0.2, -0.15) is 0 Å². The van der Waals surface area contributed by atoms with Crippen molar-refractivity contribution in [3.63, 3.8) is 0 Å². The lowest BCUT2D eigenvalue weighted by Gasteiger charge is -2.26. The van der Waals surface area contributed by atoms with E-state index in [0.717, 1.165) is 28.8 Å². The van der Waals surface area contributed by atoms with Crippen molar-refractivity contribution in [3.05, 3.63) is 78.2 Å². The number of amides is 1. The molecule has 3 rings (SSSR count). The second kappa shape index (κ2) is 8.34. The first-order valence-corrected chi connectivity index (χ1v) is 8.81. The molecule has 1 aromatic heterocycles. The summed E-state index contributed by atoms with van der Waals surface area (Å²) in [6.45, 7) is 2.95. The van der Waals surface area contributed by atoms with Crippen LogP contribution in [0, 0.1) is 0 Å². The third-order valence-electron chi connectivity index (χ3n) is 4.45. The maximum absolute atomic E-state index is 11.7. The molecule has 0 saturated heterocycles. The summed E-state index contributed by atoms with van der Waals surface area (Å²) in [4.78, 5) is 20.4. The number of rotatable bonds is 7. The van der Waals surface area contributed by atoms with Crippen molar-refractivity contribution in [2.24, 2.45) is 0 Å². The minimum absolute atomic E-state index is 0.0299. The predicted octanol–water partition coefficient (Wildman–Crippen LogP) is 4.60. The van der Waals surface area contributed by atoms with E-state index in [1.165, 1.54) is 4.90 Å². The highest BCUT2D eigenvalue weighted by Gasteiger charge is 2.21. The zero-order chi connectivity index (χ0) is 18.4. The number of hydrogen-bond donors (Lipinski definition) is 2. The number of carboxylic acid groups (broad SMARTS) is 1. The van der Waals surface area contributed by atoms with Crippen LogP contribution in [0.15, 0.2) is 67.1 Å². The van der Waals surface area contributed by atoms with Crippen molar-refractivity contribution < 1.29 is 9.90 Å². The SMILES string of the molecule is CCCN(CC(c1ccccc1)c1cccc(-c2c[nH]cn2)c1)C(=O)O. The van der Waals surface area contributed by atoms with Crippen LogP contribution in [0.4, 0.5) is 4.79 Å². The summed E-state index contributed by atoms with van der Waals surface area (Å²) < 4.78 is 0. The molecule has 0 radical (unpaired) electrons. The van der Waals surface area contributed by atoms with E-state index >= 15 is 0 Å².